The summed E-state index contributed by atoms with van der Waals surface area (Å²) in [5.74, 6) is -0.683. The first-order valence-electron chi connectivity index (χ1n) is 10.3. The summed E-state index contributed by atoms with van der Waals surface area (Å²) in [6.07, 6.45) is 1.73. The zero-order valence-corrected chi connectivity index (χ0v) is 17.1. The van der Waals surface area contributed by atoms with Gasteiger partial charge in [0, 0.05) is 44.3 Å². The summed E-state index contributed by atoms with van der Waals surface area (Å²) in [6, 6.07) is 5.14. The summed E-state index contributed by atoms with van der Waals surface area (Å²) in [7, 11) is 0. The number of hydrogen-bond donors (Lipinski definition) is 3. The van der Waals surface area contributed by atoms with Crippen molar-refractivity contribution in [2.75, 3.05) is 49.5 Å². The van der Waals surface area contributed by atoms with Crippen LogP contribution in [0.2, 0.25) is 0 Å². The van der Waals surface area contributed by atoms with Gasteiger partial charge < -0.3 is 20.6 Å². The molecule has 3 rings (SSSR count). The lowest BCUT2D eigenvalue weighted by Gasteiger charge is -2.36. The first-order chi connectivity index (χ1) is 13.8. The van der Waals surface area contributed by atoms with Crippen molar-refractivity contribution in [1.29, 1.82) is 0 Å². The molecule has 0 radical (unpaired) electrons. The van der Waals surface area contributed by atoms with Crippen LogP contribution in [-0.4, -0.2) is 67.1 Å². The Hall–Kier alpha value is -2.61. The Morgan fingerprint density at radius 2 is 1.83 bits per heavy atom. The average Bonchev–Trinajstić information content (AvgIpc) is 3.52. The maximum absolute atomic E-state index is 12.0. The van der Waals surface area contributed by atoms with E-state index in [4.69, 9.17) is 0 Å². The highest BCUT2D eigenvalue weighted by molar-refractivity contribution is 6.02. The molecule has 0 spiro atoms. The van der Waals surface area contributed by atoms with Crippen molar-refractivity contribution < 1.29 is 19.5 Å². The van der Waals surface area contributed by atoms with E-state index in [-0.39, 0.29) is 23.3 Å². The fraction of sp³-hybridized carbons (Fsp3) is 0.571. The fourth-order valence-electron chi connectivity index (χ4n) is 3.34. The zero-order valence-electron chi connectivity index (χ0n) is 17.1. The molecule has 2 fully saturated rings. The van der Waals surface area contributed by atoms with Crippen molar-refractivity contribution >= 4 is 29.2 Å². The predicted octanol–water partition coefficient (Wildman–Crippen LogP) is 1.63. The number of carboxylic acids is 1. The van der Waals surface area contributed by atoms with E-state index >= 15 is 0 Å². The molecule has 8 nitrogen and oxygen atoms in total. The molecule has 3 N–H and O–H groups in total. The number of nitrogens with one attached hydrogen (secondary N) is 2. The summed E-state index contributed by atoms with van der Waals surface area (Å²) in [6.45, 7) is 8.08. The Morgan fingerprint density at radius 1 is 1.14 bits per heavy atom. The average molecular weight is 402 g/mol. The Morgan fingerprint density at radius 3 is 2.41 bits per heavy atom. The molecule has 1 aliphatic heterocycles. The van der Waals surface area contributed by atoms with Crippen molar-refractivity contribution in [1.82, 2.24) is 10.2 Å². The van der Waals surface area contributed by atoms with Gasteiger partial charge >= 0.3 is 5.97 Å². The normalized spacial score (nSPS) is 17.3. The Balaban J connectivity index is 1.57. The van der Waals surface area contributed by atoms with Crippen LogP contribution in [0.3, 0.4) is 0 Å². The second kappa shape index (κ2) is 9.26. The predicted molar refractivity (Wildman–Crippen MR) is 111 cm³/mol. The molecule has 1 heterocycles. The van der Waals surface area contributed by atoms with Crippen LogP contribution in [-0.2, 0) is 9.59 Å². The van der Waals surface area contributed by atoms with E-state index in [2.05, 4.69) is 34.3 Å². The third-order valence-electron chi connectivity index (χ3n) is 5.25. The molecule has 1 saturated heterocycles. The van der Waals surface area contributed by atoms with Gasteiger partial charge in [0.05, 0.1) is 17.8 Å². The van der Waals surface area contributed by atoms with Crippen LogP contribution >= 0.6 is 0 Å². The molecule has 0 bridgehead atoms. The molecule has 2 amide bonds. The SMILES string of the molecule is CC(C)CNC(=O)CN1CCN(c2ccc(NC(=O)C3CC3)c(C(=O)O)c2)CC1. The molecule has 0 aromatic heterocycles. The van der Waals surface area contributed by atoms with Gasteiger partial charge in [-0.1, -0.05) is 13.8 Å². The van der Waals surface area contributed by atoms with E-state index in [0.29, 0.717) is 37.8 Å². The minimum absolute atomic E-state index is 0.0159. The van der Waals surface area contributed by atoms with Crippen LogP contribution in [0.5, 0.6) is 0 Å². The number of aromatic carboxylic acids is 1. The van der Waals surface area contributed by atoms with Gasteiger partial charge in [0.1, 0.15) is 0 Å². The summed E-state index contributed by atoms with van der Waals surface area (Å²) in [5, 5.41) is 15.2. The van der Waals surface area contributed by atoms with Gasteiger partial charge in [-0.25, -0.2) is 4.79 Å². The van der Waals surface area contributed by atoms with Crippen LogP contribution in [0.4, 0.5) is 11.4 Å². The van der Waals surface area contributed by atoms with Crippen LogP contribution in [0.15, 0.2) is 18.2 Å². The van der Waals surface area contributed by atoms with E-state index < -0.39 is 5.97 Å². The number of carbonyl (C=O) groups excluding carboxylic acids is 2. The third-order valence-corrected chi connectivity index (χ3v) is 5.25. The van der Waals surface area contributed by atoms with Crippen LogP contribution in [0.25, 0.3) is 0 Å². The van der Waals surface area contributed by atoms with Crippen LogP contribution < -0.4 is 15.5 Å². The second-order valence-electron chi connectivity index (χ2n) is 8.26. The van der Waals surface area contributed by atoms with Crippen molar-refractivity contribution in [3.05, 3.63) is 23.8 Å². The molecular formula is C21H30N4O4. The molecule has 29 heavy (non-hydrogen) atoms. The van der Waals surface area contributed by atoms with E-state index in [0.717, 1.165) is 31.6 Å². The van der Waals surface area contributed by atoms with E-state index in [1.807, 2.05) is 6.07 Å². The third kappa shape index (κ3) is 5.93. The quantitative estimate of drug-likeness (QED) is 0.611. The fourth-order valence-corrected chi connectivity index (χ4v) is 3.34. The second-order valence-corrected chi connectivity index (χ2v) is 8.26. The molecule has 8 heteroatoms. The van der Waals surface area contributed by atoms with Crippen molar-refractivity contribution in [2.24, 2.45) is 11.8 Å². The van der Waals surface area contributed by atoms with Gasteiger partial charge in [-0.15, -0.1) is 0 Å². The van der Waals surface area contributed by atoms with Gasteiger partial charge in [-0.05, 0) is 37.0 Å². The number of carboxylic acid groups (broad SMARTS) is 1. The Bertz CT molecular complexity index is 768. The largest absolute Gasteiger partial charge is 0.478 e. The van der Waals surface area contributed by atoms with Crippen LogP contribution in [0, 0.1) is 11.8 Å². The van der Waals surface area contributed by atoms with Crippen molar-refractivity contribution in [3.63, 3.8) is 0 Å². The van der Waals surface area contributed by atoms with Crippen molar-refractivity contribution in [2.45, 2.75) is 26.7 Å². The van der Waals surface area contributed by atoms with Gasteiger partial charge in [-0.2, -0.15) is 0 Å². The maximum atomic E-state index is 12.0. The minimum atomic E-state index is -1.06. The monoisotopic (exact) mass is 402 g/mol. The number of benzene rings is 1. The molecule has 0 atom stereocenters. The van der Waals surface area contributed by atoms with Gasteiger partial charge in [0.2, 0.25) is 11.8 Å². The van der Waals surface area contributed by atoms with Gasteiger partial charge in [0.25, 0.3) is 0 Å². The number of amides is 2. The number of hydrogen-bond acceptors (Lipinski definition) is 5. The smallest absolute Gasteiger partial charge is 0.337 e. The molecular weight excluding hydrogens is 372 g/mol. The number of rotatable bonds is 8. The standard InChI is InChI=1S/C21H30N4O4/c1-14(2)12-22-19(26)13-24-7-9-25(10-8-24)16-5-6-18(17(11-16)21(28)29)23-20(27)15-3-4-15/h5-6,11,14-15H,3-4,7-10,12-13H2,1-2H3,(H,22,26)(H,23,27)(H,28,29). The first kappa shape index (κ1) is 21.1. The molecule has 0 unspecified atom stereocenters. The Labute approximate surface area is 171 Å². The topological polar surface area (TPSA) is 102 Å². The van der Waals surface area contributed by atoms with E-state index in [1.54, 1.807) is 12.1 Å². The lowest BCUT2D eigenvalue weighted by atomic mass is 10.1. The molecule has 1 aromatic rings. The van der Waals surface area contributed by atoms with Gasteiger partial charge in [0.15, 0.2) is 0 Å². The number of nitrogens with zero attached hydrogens (tertiary/aromatic N) is 2. The van der Waals surface area contributed by atoms with Crippen LogP contribution in [0.1, 0.15) is 37.0 Å². The number of carbonyl (C=O) groups is 3. The summed E-state index contributed by atoms with van der Waals surface area (Å²) in [5.41, 5.74) is 1.27. The highest BCUT2D eigenvalue weighted by atomic mass is 16.4. The molecule has 1 saturated carbocycles. The summed E-state index contributed by atoms with van der Waals surface area (Å²) in [4.78, 5) is 39.9. The molecule has 2 aliphatic rings. The molecule has 158 valence electrons. The lowest BCUT2D eigenvalue weighted by Crippen LogP contribution is -2.49. The number of anilines is 2. The maximum Gasteiger partial charge on any atom is 0.337 e. The molecule has 1 aliphatic carbocycles. The first-order valence-corrected chi connectivity index (χ1v) is 10.3. The van der Waals surface area contributed by atoms with Crippen molar-refractivity contribution in [3.8, 4) is 0 Å². The van der Waals surface area contributed by atoms with E-state index in [9.17, 15) is 19.5 Å². The number of piperazine rings is 1. The highest BCUT2D eigenvalue weighted by Gasteiger charge is 2.30. The highest BCUT2D eigenvalue weighted by Crippen LogP contribution is 2.31. The summed E-state index contributed by atoms with van der Waals surface area (Å²) >= 11 is 0. The van der Waals surface area contributed by atoms with Gasteiger partial charge in [-0.3, -0.25) is 14.5 Å². The zero-order chi connectivity index (χ0) is 21.0. The van der Waals surface area contributed by atoms with E-state index in [1.165, 1.54) is 0 Å². The minimum Gasteiger partial charge on any atom is -0.478 e. The summed E-state index contributed by atoms with van der Waals surface area (Å²) < 4.78 is 0. The molecule has 1 aromatic carbocycles. The Kier molecular flexibility index (Phi) is 6.74. The lowest BCUT2D eigenvalue weighted by molar-refractivity contribution is -0.122.